The van der Waals surface area contributed by atoms with Gasteiger partial charge in [-0.15, -0.1) is 0 Å². The van der Waals surface area contributed by atoms with Gasteiger partial charge in [-0.05, 0) is 30.9 Å². The van der Waals surface area contributed by atoms with Crippen LogP contribution in [0, 0.1) is 5.92 Å². The number of para-hydroxylation sites is 1. The van der Waals surface area contributed by atoms with Gasteiger partial charge in [-0.2, -0.15) is 0 Å². The lowest BCUT2D eigenvalue weighted by Gasteiger charge is -2.24. The van der Waals surface area contributed by atoms with Crippen molar-refractivity contribution in [2.24, 2.45) is 5.92 Å². The van der Waals surface area contributed by atoms with Gasteiger partial charge < -0.3 is 19.7 Å². The lowest BCUT2D eigenvalue weighted by molar-refractivity contribution is -0.131. The van der Waals surface area contributed by atoms with Crippen molar-refractivity contribution in [2.75, 3.05) is 40.0 Å². The van der Waals surface area contributed by atoms with E-state index in [2.05, 4.69) is 5.32 Å². The van der Waals surface area contributed by atoms with Crippen molar-refractivity contribution in [1.29, 1.82) is 0 Å². The van der Waals surface area contributed by atoms with Crippen molar-refractivity contribution in [1.82, 2.24) is 10.2 Å². The Morgan fingerprint density at radius 2 is 1.96 bits per heavy atom. The van der Waals surface area contributed by atoms with Gasteiger partial charge in [0.2, 0.25) is 11.8 Å². The van der Waals surface area contributed by atoms with E-state index < -0.39 is 0 Å². The summed E-state index contributed by atoms with van der Waals surface area (Å²) in [6.45, 7) is 4.44. The van der Waals surface area contributed by atoms with E-state index in [4.69, 9.17) is 9.47 Å². The molecule has 25 heavy (non-hydrogen) atoms. The van der Waals surface area contributed by atoms with Crippen LogP contribution in [0.5, 0.6) is 5.75 Å². The van der Waals surface area contributed by atoms with E-state index in [1.807, 2.05) is 24.3 Å². The molecule has 0 bridgehead atoms. The maximum atomic E-state index is 12.1. The Balaban J connectivity index is 1.78. The number of benzene rings is 1. The summed E-state index contributed by atoms with van der Waals surface area (Å²) in [6, 6.07) is 7.81. The Morgan fingerprint density at radius 1 is 1.24 bits per heavy atom. The second-order valence-corrected chi connectivity index (χ2v) is 6.25. The first-order valence-electron chi connectivity index (χ1n) is 8.84. The maximum Gasteiger partial charge on any atom is 0.223 e. The second kappa shape index (κ2) is 10.0. The van der Waals surface area contributed by atoms with Gasteiger partial charge >= 0.3 is 0 Å². The number of rotatable bonds is 8. The van der Waals surface area contributed by atoms with Gasteiger partial charge in [-0.3, -0.25) is 9.59 Å². The normalized spacial score (nSPS) is 14.8. The molecule has 6 heteroatoms. The topological polar surface area (TPSA) is 67.9 Å². The van der Waals surface area contributed by atoms with Crippen LogP contribution >= 0.6 is 0 Å². The van der Waals surface area contributed by atoms with E-state index in [9.17, 15) is 9.59 Å². The fraction of sp³-hybridized carbons (Fsp3) is 0.579. The van der Waals surface area contributed by atoms with Gasteiger partial charge in [0.15, 0.2) is 0 Å². The Kier molecular flexibility index (Phi) is 7.73. The third-order valence-corrected chi connectivity index (χ3v) is 4.56. The van der Waals surface area contributed by atoms with Gasteiger partial charge in [0, 0.05) is 45.7 Å². The van der Waals surface area contributed by atoms with E-state index >= 15 is 0 Å². The molecule has 1 aromatic carbocycles. The molecule has 1 aromatic rings. The van der Waals surface area contributed by atoms with Gasteiger partial charge in [0.05, 0.1) is 7.11 Å². The van der Waals surface area contributed by atoms with Crippen LogP contribution < -0.4 is 10.1 Å². The highest BCUT2D eigenvalue weighted by Gasteiger charge is 2.21. The van der Waals surface area contributed by atoms with E-state index in [1.54, 1.807) is 18.9 Å². The molecule has 0 saturated carbocycles. The molecular weight excluding hydrogens is 320 g/mol. The molecule has 0 aromatic heterocycles. The highest BCUT2D eigenvalue weighted by atomic mass is 16.5. The van der Waals surface area contributed by atoms with Gasteiger partial charge in [-0.25, -0.2) is 0 Å². The molecule has 1 heterocycles. The minimum Gasteiger partial charge on any atom is -0.496 e. The zero-order valence-electron chi connectivity index (χ0n) is 15.1. The first-order chi connectivity index (χ1) is 12.1. The van der Waals surface area contributed by atoms with Gasteiger partial charge in [0.1, 0.15) is 5.75 Å². The fourth-order valence-electron chi connectivity index (χ4n) is 3.01. The summed E-state index contributed by atoms with van der Waals surface area (Å²) in [6.07, 6.45) is 2.27. The molecule has 2 amide bonds. The first kappa shape index (κ1) is 19.2. The summed E-state index contributed by atoms with van der Waals surface area (Å²) in [4.78, 5) is 25.7. The zero-order chi connectivity index (χ0) is 18.1. The Labute approximate surface area is 149 Å². The second-order valence-electron chi connectivity index (χ2n) is 6.25. The van der Waals surface area contributed by atoms with Crippen LogP contribution in [0.1, 0.15) is 25.3 Å². The number of methoxy groups -OCH3 is 1. The van der Waals surface area contributed by atoms with E-state index in [1.165, 1.54) is 0 Å². The Bertz CT molecular complexity index is 570. The molecule has 6 nitrogen and oxygen atoms in total. The standard InChI is InChI=1S/C19H28N2O4/c1-15(22)21(11-7-16-5-3-4-6-18(16)24-2)12-10-20-19(23)17-8-13-25-14-9-17/h3-6,17H,7-14H2,1-2H3,(H,20,23). The highest BCUT2D eigenvalue weighted by molar-refractivity contribution is 5.78. The number of nitrogens with one attached hydrogen (secondary N) is 1. The average molecular weight is 348 g/mol. The number of ether oxygens (including phenoxy) is 2. The minimum atomic E-state index is 0.00946. The molecule has 1 aliphatic heterocycles. The maximum absolute atomic E-state index is 12.1. The molecule has 0 atom stereocenters. The fourth-order valence-corrected chi connectivity index (χ4v) is 3.01. The third kappa shape index (κ3) is 6.05. The molecule has 0 aliphatic carbocycles. The smallest absolute Gasteiger partial charge is 0.223 e. The van der Waals surface area contributed by atoms with Crippen LogP contribution in [0.4, 0.5) is 0 Å². The van der Waals surface area contributed by atoms with Crippen LogP contribution in [0.2, 0.25) is 0 Å². The predicted octanol–water partition coefficient (Wildman–Crippen LogP) is 1.63. The van der Waals surface area contributed by atoms with Crippen LogP contribution in [-0.4, -0.2) is 56.7 Å². The molecule has 0 radical (unpaired) electrons. The zero-order valence-corrected chi connectivity index (χ0v) is 15.1. The molecule has 1 saturated heterocycles. The number of nitrogens with zero attached hydrogens (tertiary/aromatic N) is 1. The monoisotopic (exact) mass is 348 g/mol. The molecule has 0 spiro atoms. The van der Waals surface area contributed by atoms with Crippen molar-refractivity contribution in [3.63, 3.8) is 0 Å². The van der Waals surface area contributed by atoms with Crippen LogP contribution in [0.3, 0.4) is 0 Å². The summed E-state index contributed by atoms with van der Waals surface area (Å²) < 4.78 is 10.6. The minimum absolute atomic E-state index is 0.00946. The SMILES string of the molecule is COc1ccccc1CCN(CCNC(=O)C1CCOCC1)C(C)=O. The number of hydrogen-bond donors (Lipinski definition) is 1. The number of hydrogen-bond acceptors (Lipinski definition) is 4. The first-order valence-corrected chi connectivity index (χ1v) is 8.84. The van der Waals surface area contributed by atoms with Gasteiger partial charge in [0.25, 0.3) is 0 Å². The van der Waals surface area contributed by atoms with Crippen molar-refractivity contribution in [3.05, 3.63) is 29.8 Å². The van der Waals surface area contributed by atoms with Crippen molar-refractivity contribution in [2.45, 2.75) is 26.2 Å². The van der Waals surface area contributed by atoms with Crippen LogP contribution in [0.25, 0.3) is 0 Å². The van der Waals surface area contributed by atoms with Crippen LogP contribution in [-0.2, 0) is 20.7 Å². The number of amides is 2. The lowest BCUT2D eigenvalue weighted by atomic mass is 9.99. The highest BCUT2D eigenvalue weighted by Crippen LogP contribution is 2.18. The Morgan fingerprint density at radius 3 is 2.64 bits per heavy atom. The summed E-state index contributed by atoms with van der Waals surface area (Å²) >= 11 is 0. The van der Waals surface area contributed by atoms with Crippen molar-refractivity contribution < 1.29 is 19.1 Å². The average Bonchev–Trinajstić information content (AvgIpc) is 2.65. The third-order valence-electron chi connectivity index (χ3n) is 4.56. The molecule has 2 rings (SSSR count). The van der Waals surface area contributed by atoms with Crippen molar-refractivity contribution in [3.8, 4) is 5.75 Å². The van der Waals surface area contributed by atoms with Gasteiger partial charge in [-0.1, -0.05) is 18.2 Å². The molecule has 1 fully saturated rings. The Hall–Kier alpha value is -2.08. The molecule has 1 N–H and O–H groups in total. The lowest BCUT2D eigenvalue weighted by Crippen LogP contribution is -2.41. The summed E-state index contributed by atoms with van der Waals surface area (Å²) in [7, 11) is 1.65. The van der Waals surface area contributed by atoms with E-state index in [0.717, 1.165) is 30.6 Å². The quantitative estimate of drug-likeness (QED) is 0.775. The number of carbonyl (C=O) groups is 2. The van der Waals surface area contributed by atoms with E-state index in [0.29, 0.717) is 32.8 Å². The van der Waals surface area contributed by atoms with Crippen LogP contribution in [0.15, 0.2) is 24.3 Å². The molecule has 138 valence electrons. The summed E-state index contributed by atoms with van der Waals surface area (Å²) in [5.74, 6) is 0.943. The molecular formula is C19H28N2O4. The number of carbonyl (C=O) groups excluding carboxylic acids is 2. The summed E-state index contributed by atoms with van der Waals surface area (Å²) in [5, 5.41) is 2.95. The largest absolute Gasteiger partial charge is 0.496 e. The predicted molar refractivity (Wildman–Crippen MR) is 95.5 cm³/mol. The molecule has 1 aliphatic rings. The van der Waals surface area contributed by atoms with Crippen molar-refractivity contribution >= 4 is 11.8 Å². The molecule has 0 unspecified atom stereocenters. The summed E-state index contributed by atoms with van der Waals surface area (Å²) in [5.41, 5.74) is 1.07. The van der Waals surface area contributed by atoms with E-state index in [-0.39, 0.29) is 17.7 Å².